The summed E-state index contributed by atoms with van der Waals surface area (Å²) in [5.41, 5.74) is 0. The molecule has 86 valence electrons. The van der Waals surface area contributed by atoms with Gasteiger partial charge in [-0.15, -0.1) is 0 Å². The van der Waals surface area contributed by atoms with Crippen LogP contribution in [0.25, 0.3) is 0 Å². The van der Waals surface area contributed by atoms with Gasteiger partial charge in [0.1, 0.15) is 0 Å². The van der Waals surface area contributed by atoms with Crippen molar-refractivity contribution in [3.63, 3.8) is 0 Å². The van der Waals surface area contributed by atoms with Crippen molar-refractivity contribution in [3.8, 4) is 0 Å². The van der Waals surface area contributed by atoms with Crippen LogP contribution in [-0.2, 0) is 14.2 Å². The molecule has 0 bridgehead atoms. The van der Waals surface area contributed by atoms with Crippen molar-refractivity contribution in [3.05, 3.63) is 0 Å². The molecule has 0 aliphatic carbocycles. The number of rotatable bonds is 0. The van der Waals surface area contributed by atoms with Crippen LogP contribution in [0.4, 0.5) is 0 Å². The molecule has 0 spiro atoms. The molecule has 0 radical (unpaired) electrons. The normalized spacial score (nSPS) is 46.4. The Bertz CT molecular complexity index is 197. The molecule has 4 atom stereocenters. The molecule has 3 saturated heterocycles. The highest BCUT2D eigenvalue weighted by Gasteiger charge is 2.37. The van der Waals surface area contributed by atoms with Crippen molar-refractivity contribution in [2.45, 2.75) is 62.9 Å². The molecule has 3 fully saturated rings. The zero-order valence-electron chi connectivity index (χ0n) is 9.19. The summed E-state index contributed by atoms with van der Waals surface area (Å²) in [7, 11) is 0. The highest BCUT2D eigenvalue weighted by molar-refractivity contribution is 4.86. The summed E-state index contributed by atoms with van der Waals surface area (Å²) >= 11 is 0. The Morgan fingerprint density at radius 3 is 1.67 bits per heavy atom. The smallest absolute Gasteiger partial charge is 0.0842 e. The Labute approximate surface area is 91.1 Å². The van der Waals surface area contributed by atoms with Gasteiger partial charge in [-0.25, -0.2) is 0 Å². The third kappa shape index (κ3) is 2.05. The fraction of sp³-hybridized carbons (Fsp3) is 1.00. The Balaban J connectivity index is 1.70. The van der Waals surface area contributed by atoms with Gasteiger partial charge in [0.25, 0.3) is 0 Å². The lowest BCUT2D eigenvalue weighted by atomic mass is 9.99. The van der Waals surface area contributed by atoms with E-state index in [1.165, 1.54) is 12.8 Å². The molecule has 3 rings (SSSR count). The van der Waals surface area contributed by atoms with Gasteiger partial charge in [-0.1, -0.05) is 0 Å². The van der Waals surface area contributed by atoms with Crippen LogP contribution in [0, 0.1) is 0 Å². The largest absolute Gasteiger partial charge is 0.376 e. The van der Waals surface area contributed by atoms with E-state index in [2.05, 4.69) is 0 Å². The van der Waals surface area contributed by atoms with Gasteiger partial charge < -0.3 is 14.2 Å². The second kappa shape index (κ2) is 4.40. The van der Waals surface area contributed by atoms with E-state index >= 15 is 0 Å². The average molecular weight is 212 g/mol. The molecule has 0 aromatic heterocycles. The topological polar surface area (TPSA) is 27.7 Å². The minimum absolute atomic E-state index is 0.341. The third-order valence-corrected chi connectivity index (χ3v) is 3.84. The lowest BCUT2D eigenvalue weighted by molar-refractivity contribution is -0.155. The van der Waals surface area contributed by atoms with E-state index in [1.54, 1.807) is 0 Å². The maximum atomic E-state index is 6.17. The van der Waals surface area contributed by atoms with E-state index in [-0.39, 0.29) is 0 Å². The maximum Gasteiger partial charge on any atom is 0.0842 e. The molecule has 0 aromatic rings. The van der Waals surface area contributed by atoms with E-state index in [9.17, 15) is 0 Å². The first-order valence-corrected chi connectivity index (χ1v) is 6.32. The quantitative estimate of drug-likeness (QED) is 0.613. The molecule has 3 heteroatoms. The lowest BCUT2D eigenvalue weighted by Gasteiger charge is -2.34. The lowest BCUT2D eigenvalue weighted by Crippen LogP contribution is -2.40. The molecule has 3 aliphatic heterocycles. The van der Waals surface area contributed by atoms with Crippen molar-refractivity contribution in [1.82, 2.24) is 0 Å². The first kappa shape index (κ1) is 10.1. The van der Waals surface area contributed by atoms with E-state index in [1.807, 2.05) is 0 Å². The van der Waals surface area contributed by atoms with Gasteiger partial charge in [0.05, 0.1) is 24.4 Å². The summed E-state index contributed by atoms with van der Waals surface area (Å²) in [6, 6.07) is 0. The Hall–Kier alpha value is -0.120. The van der Waals surface area contributed by atoms with Gasteiger partial charge in [-0.2, -0.15) is 0 Å². The van der Waals surface area contributed by atoms with Crippen LogP contribution in [0.15, 0.2) is 0 Å². The van der Waals surface area contributed by atoms with Crippen molar-refractivity contribution in [2.24, 2.45) is 0 Å². The van der Waals surface area contributed by atoms with Crippen LogP contribution < -0.4 is 0 Å². The molecule has 3 aliphatic rings. The predicted molar refractivity (Wildman–Crippen MR) is 55.8 cm³/mol. The fourth-order valence-corrected chi connectivity index (χ4v) is 3.03. The Morgan fingerprint density at radius 2 is 1.13 bits per heavy atom. The standard InChI is InChI=1S/C12H20O3/c1-3-11-9(13-7-1)5-6-10-12(15-11)4-2-8-14-10/h9-12H,1-8H2/t9-,10-,11-,12+/m1/s1. The van der Waals surface area contributed by atoms with Crippen LogP contribution in [-0.4, -0.2) is 37.6 Å². The highest BCUT2D eigenvalue weighted by atomic mass is 16.6. The van der Waals surface area contributed by atoms with Crippen LogP contribution >= 0.6 is 0 Å². The number of hydrogen-bond acceptors (Lipinski definition) is 3. The zero-order valence-corrected chi connectivity index (χ0v) is 9.19. The summed E-state index contributed by atoms with van der Waals surface area (Å²) in [6.45, 7) is 1.83. The van der Waals surface area contributed by atoms with Crippen molar-refractivity contribution in [1.29, 1.82) is 0 Å². The van der Waals surface area contributed by atoms with E-state index in [4.69, 9.17) is 14.2 Å². The number of fused-ring (bicyclic) bond motifs is 2. The van der Waals surface area contributed by atoms with Crippen LogP contribution in [0.3, 0.4) is 0 Å². The predicted octanol–water partition coefficient (Wildman–Crippen LogP) is 1.89. The molecular formula is C12H20O3. The molecule has 3 nitrogen and oxygen atoms in total. The second-order valence-corrected chi connectivity index (χ2v) is 4.89. The minimum Gasteiger partial charge on any atom is -0.376 e. The van der Waals surface area contributed by atoms with Crippen LogP contribution in [0.1, 0.15) is 38.5 Å². The van der Waals surface area contributed by atoms with Crippen LogP contribution in [0.5, 0.6) is 0 Å². The summed E-state index contributed by atoms with van der Waals surface area (Å²) in [5.74, 6) is 0. The fourth-order valence-electron chi connectivity index (χ4n) is 3.03. The Morgan fingerprint density at radius 1 is 0.600 bits per heavy atom. The first-order chi connectivity index (χ1) is 7.43. The van der Waals surface area contributed by atoms with Crippen molar-refractivity contribution < 1.29 is 14.2 Å². The summed E-state index contributed by atoms with van der Waals surface area (Å²) < 4.78 is 17.7. The van der Waals surface area contributed by atoms with E-state index in [0.717, 1.165) is 38.9 Å². The van der Waals surface area contributed by atoms with E-state index < -0.39 is 0 Å². The Kier molecular flexibility index (Phi) is 2.95. The van der Waals surface area contributed by atoms with Crippen molar-refractivity contribution >= 4 is 0 Å². The van der Waals surface area contributed by atoms with Gasteiger partial charge in [0, 0.05) is 13.2 Å². The first-order valence-electron chi connectivity index (χ1n) is 6.32. The van der Waals surface area contributed by atoms with Gasteiger partial charge in [-0.3, -0.25) is 0 Å². The van der Waals surface area contributed by atoms with E-state index in [0.29, 0.717) is 24.4 Å². The van der Waals surface area contributed by atoms with Gasteiger partial charge in [-0.05, 0) is 38.5 Å². The van der Waals surface area contributed by atoms with Gasteiger partial charge in [0.2, 0.25) is 0 Å². The zero-order chi connectivity index (χ0) is 10.1. The summed E-state index contributed by atoms with van der Waals surface area (Å²) in [5, 5.41) is 0. The monoisotopic (exact) mass is 212 g/mol. The number of hydrogen-bond donors (Lipinski definition) is 0. The second-order valence-electron chi connectivity index (χ2n) is 4.89. The molecule has 0 N–H and O–H groups in total. The van der Waals surface area contributed by atoms with Gasteiger partial charge in [0.15, 0.2) is 0 Å². The minimum atomic E-state index is 0.341. The molecule has 15 heavy (non-hydrogen) atoms. The number of ether oxygens (including phenoxy) is 3. The maximum absolute atomic E-state index is 6.17. The molecule has 0 amide bonds. The third-order valence-electron chi connectivity index (χ3n) is 3.84. The average Bonchev–Trinajstić information content (AvgIpc) is 2.48. The molecular weight excluding hydrogens is 192 g/mol. The van der Waals surface area contributed by atoms with Crippen molar-refractivity contribution in [2.75, 3.05) is 13.2 Å². The van der Waals surface area contributed by atoms with Crippen LogP contribution in [0.2, 0.25) is 0 Å². The highest BCUT2D eigenvalue weighted by Crippen LogP contribution is 2.32. The summed E-state index contributed by atoms with van der Waals surface area (Å²) in [6.07, 6.45) is 8.25. The molecule has 3 heterocycles. The molecule has 0 aromatic carbocycles. The molecule has 0 unspecified atom stereocenters. The summed E-state index contributed by atoms with van der Waals surface area (Å²) in [4.78, 5) is 0. The van der Waals surface area contributed by atoms with Gasteiger partial charge >= 0.3 is 0 Å². The SMILES string of the molecule is C1CO[C@@H]2CC[C@H]3OCCC[C@H]3O[C@H]2C1. The molecule has 0 saturated carbocycles.